The molecule has 1 fully saturated rings. The van der Waals surface area contributed by atoms with Gasteiger partial charge in [0.25, 0.3) is 0 Å². The third kappa shape index (κ3) is 3.91. The average Bonchev–Trinajstić information content (AvgIpc) is 2.80. The molecule has 21 heavy (non-hydrogen) atoms. The van der Waals surface area contributed by atoms with Crippen LogP contribution in [0.15, 0.2) is 24.3 Å². The summed E-state index contributed by atoms with van der Waals surface area (Å²) in [6.07, 6.45) is -4.33. The van der Waals surface area contributed by atoms with Crippen molar-refractivity contribution in [2.45, 2.75) is 18.5 Å². The fourth-order valence-electron chi connectivity index (χ4n) is 2.24. The van der Waals surface area contributed by atoms with Crippen molar-refractivity contribution in [1.29, 1.82) is 0 Å². The number of nitrogens with zero attached hydrogens (tertiary/aromatic N) is 1. The Kier molecular flexibility index (Phi) is 5.16. The van der Waals surface area contributed by atoms with E-state index in [1.165, 1.54) is 23.9 Å². The molecule has 1 atom stereocenters. The van der Waals surface area contributed by atoms with Crippen LogP contribution in [0.25, 0.3) is 0 Å². The summed E-state index contributed by atoms with van der Waals surface area (Å²) in [6.45, 7) is 4.40. The Labute approximate surface area is 125 Å². The van der Waals surface area contributed by atoms with Crippen LogP contribution in [0.4, 0.5) is 13.2 Å². The Balaban J connectivity index is 2.10. The minimum absolute atomic E-state index is 0.0504. The average molecular weight is 319 g/mol. The molecule has 116 valence electrons. The van der Waals surface area contributed by atoms with Crippen LogP contribution in [0.3, 0.4) is 0 Å². The van der Waals surface area contributed by atoms with Gasteiger partial charge in [0.05, 0.1) is 31.0 Å². The van der Waals surface area contributed by atoms with Gasteiger partial charge in [-0.15, -0.1) is 11.8 Å². The van der Waals surface area contributed by atoms with Gasteiger partial charge >= 0.3 is 6.18 Å². The van der Waals surface area contributed by atoms with Crippen molar-refractivity contribution < 1.29 is 23.3 Å². The molecule has 0 spiro atoms. The molecular weight excluding hydrogens is 301 g/mol. The smallest absolute Gasteiger partial charge is 0.345 e. The summed E-state index contributed by atoms with van der Waals surface area (Å²) in [6, 6.07) is 5.09. The van der Waals surface area contributed by atoms with Crippen LogP contribution in [0, 0.1) is 0 Å². The number of carbonyl (C=O) groups excluding carboxylic acids is 1. The van der Waals surface area contributed by atoms with Gasteiger partial charge in [-0.25, -0.2) is 0 Å². The molecule has 7 heteroatoms. The molecular formula is C14H18F3N2OS+. The van der Waals surface area contributed by atoms with Gasteiger partial charge in [0.1, 0.15) is 5.37 Å². The van der Waals surface area contributed by atoms with Crippen molar-refractivity contribution in [1.82, 2.24) is 4.90 Å². The molecule has 1 aliphatic heterocycles. The molecule has 3 nitrogen and oxygen atoms in total. The number of hydrogen-bond acceptors (Lipinski definition) is 2. The standard InChI is InChI=1S/C14H17F3N2OS/c1-2-18-7-8-19-12(20)9-21-13(19)10-3-5-11(6-4-10)14(15,16)17/h3-6,13,18H,2,7-9H2,1H3/p+1/t13-/m0/s1. The van der Waals surface area contributed by atoms with E-state index in [4.69, 9.17) is 0 Å². The zero-order chi connectivity index (χ0) is 15.5. The SMILES string of the molecule is CC[NH2+]CCN1C(=O)CS[C@H]1c1ccc(C(F)(F)F)cc1. The number of likely N-dealkylation sites (N-methyl/N-ethyl adjacent to an activating group) is 1. The largest absolute Gasteiger partial charge is 0.416 e. The van der Waals surface area contributed by atoms with Gasteiger partial charge < -0.3 is 10.2 Å². The van der Waals surface area contributed by atoms with E-state index in [0.717, 1.165) is 30.8 Å². The van der Waals surface area contributed by atoms with Gasteiger partial charge in [0.15, 0.2) is 0 Å². The number of carbonyl (C=O) groups is 1. The van der Waals surface area contributed by atoms with Crippen LogP contribution in [0.5, 0.6) is 0 Å². The predicted octanol–water partition coefficient (Wildman–Crippen LogP) is 1.86. The summed E-state index contributed by atoms with van der Waals surface area (Å²) < 4.78 is 37.7. The highest BCUT2D eigenvalue weighted by atomic mass is 32.2. The summed E-state index contributed by atoms with van der Waals surface area (Å²) >= 11 is 1.46. The highest BCUT2D eigenvalue weighted by Gasteiger charge is 2.34. The van der Waals surface area contributed by atoms with Crippen molar-refractivity contribution in [2.75, 3.05) is 25.4 Å². The second kappa shape index (κ2) is 6.70. The summed E-state index contributed by atoms with van der Waals surface area (Å²) in [5.74, 6) is 0.437. The van der Waals surface area contributed by atoms with E-state index >= 15 is 0 Å². The number of thioether (sulfide) groups is 1. The number of benzene rings is 1. The Morgan fingerprint density at radius 1 is 1.33 bits per heavy atom. The van der Waals surface area contributed by atoms with Gasteiger partial charge in [-0.3, -0.25) is 4.79 Å². The third-order valence-corrected chi connectivity index (χ3v) is 4.61. The van der Waals surface area contributed by atoms with E-state index in [0.29, 0.717) is 12.3 Å². The van der Waals surface area contributed by atoms with Crippen LogP contribution in [0.2, 0.25) is 0 Å². The predicted molar refractivity (Wildman–Crippen MR) is 75.7 cm³/mol. The minimum atomic E-state index is -4.33. The minimum Gasteiger partial charge on any atom is -0.345 e. The number of halogens is 3. The monoisotopic (exact) mass is 319 g/mol. The maximum atomic E-state index is 12.6. The lowest BCUT2D eigenvalue weighted by Gasteiger charge is -2.23. The number of rotatable bonds is 5. The lowest BCUT2D eigenvalue weighted by atomic mass is 10.1. The first-order chi connectivity index (χ1) is 9.93. The first-order valence-corrected chi connectivity index (χ1v) is 7.88. The number of alkyl halides is 3. The Morgan fingerprint density at radius 3 is 2.57 bits per heavy atom. The first-order valence-electron chi connectivity index (χ1n) is 6.83. The van der Waals surface area contributed by atoms with E-state index in [9.17, 15) is 18.0 Å². The zero-order valence-electron chi connectivity index (χ0n) is 11.7. The molecule has 2 N–H and O–H groups in total. The number of amides is 1. The molecule has 1 aromatic carbocycles. The quantitative estimate of drug-likeness (QED) is 0.841. The Morgan fingerprint density at radius 2 is 2.00 bits per heavy atom. The van der Waals surface area contributed by atoms with E-state index in [1.54, 1.807) is 4.90 Å². The fourth-order valence-corrected chi connectivity index (χ4v) is 3.46. The summed E-state index contributed by atoms with van der Waals surface area (Å²) in [5, 5.41) is 1.92. The Bertz CT molecular complexity index is 490. The van der Waals surface area contributed by atoms with Crippen molar-refractivity contribution in [2.24, 2.45) is 0 Å². The molecule has 1 aromatic rings. The van der Waals surface area contributed by atoms with Crippen LogP contribution in [-0.2, 0) is 11.0 Å². The van der Waals surface area contributed by atoms with Crippen LogP contribution in [-0.4, -0.2) is 36.2 Å². The maximum absolute atomic E-state index is 12.6. The summed E-state index contributed by atoms with van der Waals surface area (Å²) in [7, 11) is 0. The van der Waals surface area contributed by atoms with Gasteiger partial charge in [-0.1, -0.05) is 12.1 Å². The fraction of sp³-hybridized carbons (Fsp3) is 0.500. The molecule has 1 saturated heterocycles. The summed E-state index contributed by atoms with van der Waals surface area (Å²) in [5.41, 5.74) is 0.0850. The van der Waals surface area contributed by atoms with E-state index in [-0.39, 0.29) is 11.3 Å². The van der Waals surface area contributed by atoms with Gasteiger partial charge in [-0.05, 0) is 24.6 Å². The van der Waals surface area contributed by atoms with Crippen LogP contribution < -0.4 is 5.32 Å². The third-order valence-electron chi connectivity index (χ3n) is 3.35. The lowest BCUT2D eigenvalue weighted by molar-refractivity contribution is -0.651. The molecule has 2 rings (SSSR count). The molecule has 0 aromatic heterocycles. The second-order valence-corrected chi connectivity index (χ2v) is 5.92. The first kappa shape index (κ1) is 16.2. The zero-order valence-corrected chi connectivity index (χ0v) is 12.5. The van der Waals surface area contributed by atoms with Crippen molar-refractivity contribution in [3.63, 3.8) is 0 Å². The lowest BCUT2D eigenvalue weighted by Crippen LogP contribution is -2.85. The molecule has 0 unspecified atom stereocenters. The molecule has 0 radical (unpaired) electrons. The highest BCUT2D eigenvalue weighted by Crippen LogP contribution is 2.39. The number of hydrogen-bond donors (Lipinski definition) is 1. The van der Waals surface area contributed by atoms with Crippen LogP contribution >= 0.6 is 11.8 Å². The van der Waals surface area contributed by atoms with Crippen molar-refractivity contribution >= 4 is 17.7 Å². The molecule has 1 amide bonds. The normalized spacial score (nSPS) is 19.3. The molecule has 0 bridgehead atoms. The molecule has 0 aliphatic carbocycles. The van der Waals surface area contributed by atoms with Gasteiger partial charge in [0, 0.05) is 0 Å². The van der Waals surface area contributed by atoms with Crippen molar-refractivity contribution in [3.8, 4) is 0 Å². The van der Waals surface area contributed by atoms with Gasteiger partial charge in [0.2, 0.25) is 5.91 Å². The summed E-state index contributed by atoms with van der Waals surface area (Å²) in [4.78, 5) is 13.6. The van der Waals surface area contributed by atoms with E-state index in [2.05, 4.69) is 5.32 Å². The van der Waals surface area contributed by atoms with E-state index in [1.807, 2.05) is 6.92 Å². The molecule has 0 saturated carbocycles. The van der Waals surface area contributed by atoms with E-state index < -0.39 is 11.7 Å². The highest BCUT2D eigenvalue weighted by molar-refractivity contribution is 8.00. The number of nitrogens with two attached hydrogens (primary N) is 1. The maximum Gasteiger partial charge on any atom is 0.416 e. The number of quaternary nitrogens is 1. The van der Waals surface area contributed by atoms with Crippen LogP contribution in [0.1, 0.15) is 23.4 Å². The molecule has 1 aliphatic rings. The Hall–Kier alpha value is -1.21. The second-order valence-electron chi connectivity index (χ2n) is 4.86. The molecule has 1 heterocycles. The van der Waals surface area contributed by atoms with Crippen molar-refractivity contribution in [3.05, 3.63) is 35.4 Å². The van der Waals surface area contributed by atoms with Gasteiger partial charge in [-0.2, -0.15) is 13.2 Å². The topological polar surface area (TPSA) is 36.9 Å².